The SMILES string of the molecule is O=C(CNc1ccc(F)cc1I)NC1CC1. The summed E-state index contributed by atoms with van der Waals surface area (Å²) in [6.45, 7) is 0.234. The van der Waals surface area contributed by atoms with Gasteiger partial charge in [0.05, 0.1) is 6.54 Å². The Morgan fingerprint density at radius 2 is 2.25 bits per heavy atom. The summed E-state index contributed by atoms with van der Waals surface area (Å²) in [6.07, 6.45) is 2.17. The third-order valence-electron chi connectivity index (χ3n) is 2.31. The third kappa shape index (κ3) is 3.33. The minimum absolute atomic E-state index is 0.0115. The van der Waals surface area contributed by atoms with Gasteiger partial charge in [0.1, 0.15) is 5.82 Å². The molecule has 86 valence electrons. The van der Waals surface area contributed by atoms with Crippen LogP contribution < -0.4 is 10.6 Å². The molecule has 1 amide bonds. The fraction of sp³-hybridized carbons (Fsp3) is 0.364. The lowest BCUT2D eigenvalue weighted by Gasteiger charge is -2.08. The lowest BCUT2D eigenvalue weighted by Crippen LogP contribution is -2.31. The van der Waals surface area contributed by atoms with Gasteiger partial charge in [0.25, 0.3) is 0 Å². The maximum atomic E-state index is 12.8. The van der Waals surface area contributed by atoms with Crippen molar-refractivity contribution in [3.63, 3.8) is 0 Å². The van der Waals surface area contributed by atoms with Crippen LogP contribution in [0.4, 0.5) is 10.1 Å². The molecule has 0 heterocycles. The van der Waals surface area contributed by atoms with E-state index in [2.05, 4.69) is 10.6 Å². The van der Waals surface area contributed by atoms with Gasteiger partial charge in [-0.3, -0.25) is 4.79 Å². The molecule has 1 saturated carbocycles. The molecule has 1 aliphatic rings. The van der Waals surface area contributed by atoms with Crippen LogP contribution in [0.1, 0.15) is 12.8 Å². The molecule has 1 aromatic carbocycles. The topological polar surface area (TPSA) is 41.1 Å². The number of anilines is 1. The molecule has 0 bridgehead atoms. The van der Waals surface area contributed by atoms with Crippen LogP contribution in [0.25, 0.3) is 0 Å². The normalized spacial score (nSPS) is 14.6. The summed E-state index contributed by atoms with van der Waals surface area (Å²) in [5, 5.41) is 5.86. The molecule has 1 aliphatic carbocycles. The standard InChI is InChI=1S/C11H12FIN2O/c12-7-1-4-10(9(13)5-7)14-6-11(16)15-8-2-3-8/h1,4-5,8,14H,2-3,6H2,(H,15,16). The molecule has 0 radical (unpaired) electrons. The lowest BCUT2D eigenvalue weighted by molar-refractivity contribution is -0.119. The second-order valence-corrected chi connectivity index (χ2v) is 4.98. The highest BCUT2D eigenvalue weighted by molar-refractivity contribution is 14.1. The molecule has 0 atom stereocenters. The molecular weight excluding hydrogens is 322 g/mol. The number of benzene rings is 1. The summed E-state index contributed by atoms with van der Waals surface area (Å²) in [5.74, 6) is -0.278. The van der Waals surface area contributed by atoms with Gasteiger partial charge in [-0.25, -0.2) is 4.39 Å². The quantitative estimate of drug-likeness (QED) is 0.829. The number of carbonyl (C=O) groups is 1. The van der Waals surface area contributed by atoms with Gasteiger partial charge in [-0.1, -0.05) is 0 Å². The molecule has 1 fully saturated rings. The van der Waals surface area contributed by atoms with Gasteiger partial charge in [0.15, 0.2) is 0 Å². The van der Waals surface area contributed by atoms with Crippen LogP contribution >= 0.6 is 22.6 Å². The van der Waals surface area contributed by atoms with Crippen LogP contribution in [0.2, 0.25) is 0 Å². The zero-order chi connectivity index (χ0) is 11.5. The smallest absolute Gasteiger partial charge is 0.239 e. The van der Waals surface area contributed by atoms with E-state index in [0.717, 1.165) is 22.1 Å². The molecule has 3 nitrogen and oxygen atoms in total. The van der Waals surface area contributed by atoms with Crippen molar-refractivity contribution >= 4 is 34.2 Å². The average Bonchev–Trinajstić information content (AvgIpc) is 3.00. The van der Waals surface area contributed by atoms with Crippen molar-refractivity contribution in [3.05, 3.63) is 27.6 Å². The third-order valence-corrected chi connectivity index (χ3v) is 3.21. The second-order valence-electron chi connectivity index (χ2n) is 3.82. The number of nitrogens with one attached hydrogen (secondary N) is 2. The zero-order valence-corrected chi connectivity index (χ0v) is 10.8. The van der Waals surface area contributed by atoms with Crippen LogP contribution in [0.15, 0.2) is 18.2 Å². The van der Waals surface area contributed by atoms with Crippen molar-refractivity contribution in [3.8, 4) is 0 Å². The maximum Gasteiger partial charge on any atom is 0.239 e. The van der Waals surface area contributed by atoms with Crippen molar-refractivity contribution in [2.24, 2.45) is 0 Å². The van der Waals surface area contributed by atoms with E-state index in [-0.39, 0.29) is 18.3 Å². The molecule has 1 aromatic rings. The molecule has 2 N–H and O–H groups in total. The summed E-state index contributed by atoms with van der Waals surface area (Å²) in [7, 11) is 0. The monoisotopic (exact) mass is 334 g/mol. The highest BCUT2D eigenvalue weighted by Gasteiger charge is 2.22. The molecule has 5 heteroatoms. The van der Waals surface area contributed by atoms with Gasteiger partial charge < -0.3 is 10.6 Å². The molecule has 0 aliphatic heterocycles. The first-order valence-corrected chi connectivity index (χ1v) is 6.21. The second kappa shape index (κ2) is 4.99. The molecule has 0 aromatic heterocycles. The van der Waals surface area contributed by atoms with Gasteiger partial charge >= 0.3 is 0 Å². The molecule has 2 rings (SSSR count). The summed E-state index contributed by atoms with van der Waals surface area (Å²) in [6, 6.07) is 4.83. The molecule has 0 saturated heterocycles. The highest BCUT2D eigenvalue weighted by atomic mass is 127. The van der Waals surface area contributed by atoms with Gasteiger partial charge in [0.2, 0.25) is 5.91 Å². The maximum absolute atomic E-state index is 12.8. The fourth-order valence-electron chi connectivity index (χ4n) is 1.31. The minimum Gasteiger partial charge on any atom is -0.375 e. The lowest BCUT2D eigenvalue weighted by atomic mass is 10.3. The Labute approximate surface area is 107 Å². The predicted molar refractivity (Wildman–Crippen MR) is 68.8 cm³/mol. The van der Waals surface area contributed by atoms with Crippen molar-refractivity contribution in [1.82, 2.24) is 5.32 Å². The Kier molecular flexibility index (Phi) is 3.63. The van der Waals surface area contributed by atoms with Gasteiger partial charge in [-0.15, -0.1) is 0 Å². The number of halogens is 2. The molecule has 0 unspecified atom stereocenters. The molecule has 16 heavy (non-hydrogen) atoms. The van der Waals surface area contributed by atoms with Crippen molar-refractivity contribution in [2.75, 3.05) is 11.9 Å². The number of hydrogen-bond donors (Lipinski definition) is 2. The summed E-state index contributed by atoms with van der Waals surface area (Å²) in [4.78, 5) is 11.4. The number of carbonyl (C=O) groups excluding carboxylic acids is 1. The van der Waals surface area contributed by atoms with E-state index >= 15 is 0 Å². The van der Waals surface area contributed by atoms with Crippen LogP contribution in [0, 0.1) is 9.39 Å². The van der Waals surface area contributed by atoms with Crippen molar-refractivity contribution in [1.29, 1.82) is 0 Å². The van der Waals surface area contributed by atoms with Gasteiger partial charge in [-0.2, -0.15) is 0 Å². The first kappa shape index (κ1) is 11.6. The van der Waals surface area contributed by atoms with Crippen LogP contribution in [-0.4, -0.2) is 18.5 Å². The summed E-state index contributed by atoms with van der Waals surface area (Å²) < 4.78 is 13.6. The van der Waals surface area contributed by atoms with Gasteiger partial charge in [-0.05, 0) is 53.6 Å². The summed E-state index contributed by atoms with van der Waals surface area (Å²) >= 11 is 2.04. The Morgan fingerprint density at radius 1 is 1.50 bits per heavy atom. The van der Waals surface area contributed by atoms with Gasteiger partial charge in [0, 0.05) is 15.3 Å². The van der Waals surface area contributed by atoms with Crippen LogP contribution in [-0.2, 0) is 4.79 Å². The molecule has 0 spiro atoms. The van der Waals surface area contributed by atoms with Crippen LogP contribution in [0.5, 0.6) is 0 Å². The number of amides is 1. The summed E-state index contributed by atoms with van der Waals surface area (Å²) in [5.41, 5.74) is 0.785. The number of rotatable bonds is 4. The van der Waals surface area contributed by atoms with E-state index in [4.69, 9.17) is 0 Å². The first-order chi connectivity index (χ1) is 7.65. The minimum atomic E-state index is -0.266. The van der Waals surface area contributed by atoms with E-state index in [1.165, 1.54) is 12.1 Å². The Bertz CT molecular complexity index is 407. The van der Waals surface area contributed by atoms with E-state index < -0.39 is 0 Å². The average molecular weight is 334 g/mol. The zero-order valence-electron chi connectivity index (χ0n) is 8.59. The predicted octanol–water partition coefficient (Wildman–Crippen LogP) is 2.12. The highest BCUT2D eigenvalue weighted by Crippen LogP contribution is 2.20. The Morgan fingerprint density at radius 3 is 2.88 bits per heavy atom. The largest absolute Gasteiger partial charge is 0.375 e. The number of hydrogen-bond acceptors (Lipinski definition) is 2. The van der Waals surface area contributed by atoms with E-state index in [1.54, 1.807) is 6.07 Å². The first-order valence-electron chi connectivity index (χ1n) is 5.13. The Balaban J connectivity index is 1.85. The van der Waals surface area contributed by atoms with E-state index in [1.807, 2.05) is 22.6 Å². The van der Waals surface area contributed by atoms with Crippen molar-refractivity contribution < 1.29 is 9.18 Å². The van der Waals surface area contributed by atoms with Crippen LogP contribution in [0.3, 0.4) is 0 Å². The van der Waals surface area contributed by atoms with E-state index in [9.17, 15) is 9.18 Å². The Hall–Kier alpha value is -0.850. The van der Waals surface area contributed by atoms with E-state index in [0.29, 0.717) is 6.04 Å². The van der Waals surface area contributed by atoms with Crippen molar-refractivity contribution in [2.45, 2.75) is 18.9 Å². The fourth-order valence-corrected chi connectivity index (χ4v) is 1.98. The molecular formula is C11H12FIN2O.